The van der Waals surface area contributed by atoms with E-state index >= 15 is 0 Å². The van der Waals surface area contributed by atoms with E-state index in [2.05, 4.69) is 49.9 Å². The monoisotopic (exact) mass is 201 g/mol. The number of aryl methyl sites for hydroxylation is 2. The third kappa shape index (κ3) is 3.32. The first-order chi connectivity index (χ1) is 7.15. The van der Waals surface area contributed by atoms with Gasteiger partial charge in [-0.2, -0.15) is 0 Å². The number of terminal acetylenes is 1. The van der Waals surface area contributed by atoms with Gasteiger partial charge in [0.05, 0.1) is 0 Å². The van der Waals surface area contributed by atoms with Gasteiger partial charge in [0.1, 0.15) is 0 Å². The van der Waals surface area contributed by atoms with Crippen LogP contribution in [0.15, 0.2) is 18.2 Å². The molecule has 15 heavy (non-hydrogen) atoms. The van der Waals surface area contributed by atoms with E-state index in [4.69, 9.17) is 6.42 Å². The number of unbranched alkanes of at least 4 members (excludes halogenated alkanes) is 1. The van der Waals surface area contributed by atoms with Gasteiger partial charge in [-0.25, -0.2) is 0 Å². The quantitative estimate of drug-likeness (QED) is 0.534. The normalized spacial score (nSPS) is 9.73. The standard InChI is InChI=1S/C14H19N/c1-5-6-7-10-15(4)14-9-8-12(2)11-13(14)3/h1,8-9,11H,6-7,10H2,2-4H3. The zero-order chi connectivity index (χ0) is 11.3. The summed E-state index contributed by atoms with van der Waals surface area (Å²) in [6.07, 6.45) is 7.15. The average molecular weight is 201 g/mol. The minimum Gasteiger partial charge on any atom is -0.374 e. The van der Waals surface area contributed by atoms with Crippen molar-refractivity contribution in [3.05, 3.63) is 29.3 Å². The zero-order valence-electron chi connectivity index (χ0n) is 9.88. The summed E-state index contributed by atoms with van der Waals surface area (Å²) in [5, 5.41) is 0. The zero-order valence-corrected chi connectivity index (χ0v) is 9.88. The third-order valence-corrected chi connectivity index (χ3v) is 2.58. The number of hydrogen-bond acceptors (Lipinski definition) is 1. The summed E-state index contributed by atoms with van der Waals surface area (Å²) in [7, 11) is 2.12. The topological polar surface area (TPSA) is 3.24 Å². The maximum atomic E-state index is 5.23. The maximum absolute atomic E-state index is 5.23. The molecule has 0 atom stereocenters. The smallest absolute Gasteiger partial charge is 0.0393 e. The van der Waals surface area contributed by atoms with Crippen molar-refractivity contribution in [2.45, 2.75) is 26.7 Å². The van der Waals surface area contributed by atoms with E-state index in [9.17, 15) is 0 Å². The minimum absolute atomic E-state index is 0.856. The van der Waals surface area contributed by atoms with Crippen LogP contribution < -0.4 is 4.90 Å². The van der Waals surface area contributed by atoms with E-state index in [-0.39, 0.29) is 0 Å². The van der Waals surface area contributed by atoms with Gasteiger partial charge < -0.3 is 4.90 Å². The Bertz CT molecular complexity index is 360. The molecule has 0 fully saturated rings. The van der Waals surface area contributed by atoms with Crippen molar-refractivity contribution < 1.29 is 0 Å². The average Bonchev–Trinajstić information content (AvgIpc) is 2.17. The van der Waals surface area contributed by atoms with E-state index in [0.29, 0.717) is 0 Å². The highest BCUT2D eigenvalue weighted by Crippen LogP contribution is 2.19. The van der Waals surface area contributed by atoms with Gasteiger partial charge in [-0.3, -0.25) is 0 Å². The number of anilines is 1. The lowest BCUT2D eigenvalue weighted by atomic mass is 10.1. The van der Waals surface area contributed by atoms with Crippen molar-refractivity contribution in [3.63, 3.8) is 0 Å². The van der Waals surface area contributed by atoms with Gasteiger partial charge in [0.25, 0.3) is 0 Å². The molecule has 0 heterocycles. The third-order valence-electron chi connectivity index (χ3n) is 2.58. The van der Waals surface area contributed by atoms with Gasteiger partial charge in [-0.1, -0.05) is 17.7 Å². The summed E-state index contributed by atoms with van der Waals surface area (Å²) in [6.45, 7) is 5.29. The first kappa shape index (κ1) is 11.7. The van der Waals surface area contributed by atoms with Crippen LogP contribution in [-0.4, -0.2) is 13.6 Å². The van der Waals surface area contributed by atoms with Crippen molar-refractivity contribution in [2.75, 3.05) is 18.5 Å². The van der Waals surface area contributed by atoms with Crippen molar-refractivity contribution in [1.29, 1.82) is 0 Å². The molecule has 1 aromatic rings. The summed E-state index contributed by atoms with van der Waals surface area (Å²) in [6, 6.07) is 6.55. The van der Waals surface area contributed by atoms with Gasteiger partial charge >= 0.3 is 0 Å². The summed E-state index contributed by atoms with van der Waals surface area (Å²) in [5.41, 5.74) is 3.95. The summed E-state index contributed by atoms with van der Waals surface area (Å²) in [5.74, 6) is 2.67. The number of hydrogen-bond donors (Lipinski definition) is 0. The maximum Gasteiger partial charge on any atom is 0.0393 e. The fourth-order valence-corrected chi connectivity index (χ4v) is 1.77. The number of rotatable bonds is 4. The molecule has 1 nitrogen and oxygen atoms in total. The van der Waals surface area contributed by atoms with Crippen LogP contribution in [0.4, 0.5) is 5.69 Å². The van der Waals surface area contributed by atoms with Crippen LogP contribution >= 0.6 is 0 Å². The summed E-state index contributed by atoms with van der Waals surface area (Å²) in [4.78, 5) is 2.27. The largest absolute Gasteiger partial charge is 0.374 e. The molecule has 1 rings (SSSR count). The van der Waals surface area contributed by atoms with Crippen LogP contribution in [0.1, 0.15) is 24.0 Å². The highest BCUT2D eigenvalue weighted by molar-refractivity contribution is 5.53. The van der Waals surface area contributed by atoms with E-state index in [1.165, 1.54) is 16.8 Å². The molecule has 1 aromatic carbocycles. The Hall–Kier alpha value is -1.42. The molecule has 0 radical (unpaired) electrons. The molecular weight excluding hydrogens is 182 g/mol. The fourth-order valence-electron chi connectivity index (χ4n) is 1.77. The minimum atomic E-state index is 0.856. The van der Waals surface area contributed by atoms with Crippen molar-refractivity contribution >= 4 is 5.69 Å². The van der Waals surface area contributed by atoms with Crippen LogP contribution in [0.5, 0.6) is 0 Å². The highest BCUT2D eigenvalue weighted by atomic mass is 15.1. The van der Waals surface area contributed by atoms with E-state index in [0.717, 1.165) is 19.4 Å². The van der Waals surface area contributed by atoms with Gasteiger partial charge in [-0.05, 0) is 31.9 Å². The molecule has 0 aliphatic carbocycles. The number of benzene rings is 1. The van der Waals surface area contributed by atoms with Crippen molar-refractivity contribution in [3.8, 4) is 12.3 Å². The van der Waals surface area contributed by atoms with Crippen LogP contribution in [0.2, 0.25) is 0 Å². The van der Waals surface area contributed by atoms with Crippen molar-refractivity contribution in [1.82, 2.24) is 0 Å². The second-order valence-corrected chi connectivity index (χ2v) is 4.02. The Morgan fingerprint density at radius 1 is 1.33 bits per heavy atom. The molecule has 0 unspecified atom stereocenters. The van der Waals surface area contributed by atoms with E-state index < -0.39 is 0 Å². The summed E-state index contributed by atoms with van der Waals surface area (Å²) < 4.78 is 0. The molecule has 0 saturated heterocycles. The molecule has 80 valence electrons. The molecule has 1 heteroatoms. The SMILES string of the molecule is C#CCCCN(C)c1ccc(C)cc1C. The fraction of sp³-hybridized carbons (Fsp3) is 0.429. The van der Waals surface area contributed by atoms with Crippen LogP contribution in [0, 0.1) is 26.2 Å². The Morgan fingerprint density at radius 3 is 2.67 bits per heavy atom. The predicted molar refractivity (Wildman–Crippen MR) is 67.3 cm³/mol. The van der Waals surface area contributed by atoms with E-state index in [1.807, 2.05) is 0 Å². The molecular formula is C14H19N. The molecule has 0 spiro atoms. The molecule has 0 N–H and O–H groups in total. The first-order valence-corrected chi connectivity index (χ1v) is 5.37. The second kappa shape index (κ2) is 5.46. The highest BCUT2D eigenvalue weighted by Gasteiger charge is 2.03. The molecule has 0 aliphatic heterocycles. The molecule has 0 aliphatic rings. The van der Waals surface area contributed by atoms with Gasteiger partial charge in [-0.15, -0.1) is 12.3 Å². The Balaban J connectivity index is 2.66. The van der Waals surface area contributed by atoms with E-state index in [1.54, 1.807) is 0 Å². The van der Waals surface area contributed by atoms with Crippen LogP contribution in [-0.2, 0) is 0 Å². The molecule has 0 aromatic heterocycles. The number of nitrogens with zero attached hydrogens (tertiary/aromatic N) is 1. The van der Waals surface area contributed by atoms with Crippen LogP contribution in [0.3, 0.4) is 0 Å². The van der Waals surface area contributed by atoms with Gasteiger partial charge in [0.15, 0.2) is 0 Å². The lowest BCUT2D eigenvalue weighted by Gasteiger charge is -2.21. The Labute approximate surface area is 93.1 Å². The predicted octanol–water partition coefficient (Wildman–Crippen LogP) is 3.15. The van der Waals surface area contributed by atoms with Gasteiger partial charge in [0.2, 0.25) is 0 Å². The Kier molecular flexibility index (Phi) is 4.24. The molecule has 0 amide bonds. The lowest BCUT2D eigenvalue weighted by Crippen LogP contribution is -2.19. The Morgan fingerprint density at radius 2 is 2.07 bits per heavy atom. The van der Waals surface area contributed by atoms with Crippen LogP contribution in [0.25, 0.3) is 0 Å². The summed E-state index contributed by atoms with van der Waals surface area (Å²) >= 11 is 0. The lowest BCUT2D eigenvalue weighted by molar-refractivity contribution is 0.809. The molecule has 0 saturated carbocycles. The molecule has 0 bridgehead atoms. The van der Waals surface area contributed by atoms with Crippen molar-refractivity contribution in [2.24, 2.45) is 0 Å². The first-order valence-electron chi connectivity index (χ1n) is 5.37. The van der Waals surface area contributed by atoms with Gasteiger partial charge in [0, 0.05) is 25.7 Å². The second-order valence-electron chi connectivity index (χ2n) is 4.02.